The highest BCUT2D eigenvalue weighted by Gasteiger charge is 2.17. The molecule has 0 amide bonds. The largest absolute Gasteiger partial charge is 0.454 e. The SMILES string of the molecule is CC(C)SC(=O)C(=O)OCc1ccccc1. The molecule has 0 aliphatic carbocycles. The first-order valence-corrected chi connectivity index (χ1v) is 5.89. The van der Waals surface area contributed by atoms with Crippen molar-refractivity contribution in [1.82, 2.24) is 0 Å². The number of thioether (sulfide) groups is 1. The standard InChI is InChI=1S/C12H14O3S/c1-9(2)16-12(14)11(13)15-8-10-6-4-3-5-7-10/h3-7,9H,8H2,1-2H3. The van der Waals surface area contributed by atoms with E-state index in [4.69, 9.17) is 4.74 Å². The van der Waals surface area contributed by atoms with Crippen LogP contribution in [-0.4, -0.2) is 16.3 Å². The third-order valence-corrected chi connectivity index (χ3v) is 2.57. The minimum Gasteiger partial charge on any atom is -0.454 e. The van der Waals surface area contributed by atoms with E-state index in [1.807, 2.05) is 44.2 Å². The van der Waals surface area contributed by atoms with Crippen LogP contribution in [0.5, 0.6) is 0 Å². The maximum Gasteiger partial charge on any atom is 0.386 e. The summed E-state index contributed by atoms with van der Waals surface area (Å²) < 4.78 is 4.88. The number of carbonyl (C=O) groups excluding carboxylic acids is 2. The van der Waals surface area contributed by atoms with Crippen LogP contribution in [0.2, 0.25) is 0 Å². The summed E-state index contributed by atoms with van der Waals surface area (Å²) in [7, 11) is 0. The number of carbonyl (C=O) groups is 2. The number of hydrogen-bond donors (Lipinski definition) is 0. The van der Waals surface area contributed by atoms with Crippen LogP contribution in [0.25, 0.3) is 0 Å². The first-order chi connectivity index (χ1) is 7.59. The van der Waals surface area contributed by atoms with Gasteiger partial charge in [-0.1, -0.05) is 55.9 Å². The zero-order chi connectivity index (χ0) is 12.0. The number of hydrogen-bond acceptors (Lipinski definition) is 4. The van der Waals surface area contributed by atoms with E-state index < -0.39 is 11.1 Å². The quantitative estimate of drug-likeness (QED) is 0.599. The van der Waals surface area contributed by atoms with Crippen LogP contribution in [0.4, 0.5) is 0 Å². The fourth-order valence-electron chi connectivity index (χ4n) is 1.04. The van der Waals surface area contributed by atoms with Crippen LogP contribution in [-0.2, 0) is 20.9 Å². The number of ether oxygens (including phenoxy) is 1. The van der Waals surface area contributed by atoms with Crippen LogP contribution < -0.4 is 0 Å². The zero-order valence-electron chi connectivity index (χ0n) is 9.30. The topological polar surface area (TPSA) is 43.4 Å². The first kappa shape index (κ1) is 12.8. The molecule has 0 N–H and O–H groups in total. The summed E-state index contributed by atoms with van der Waals surface area (Å²) in [5, 5.41) is -0.442. The molecule has 0 aliphatic heterocycles. The summed E-state index contributed by atoms with van der Waals surface area (Å²) in [6.45, 7) is 3.85. The van der Waals surface area contributed by atoms with Crippen molar-refractivity contribution in [1.29, 1.82) is 0 Å². The third kappa shape index (κ3) is 4.49. The molecule has 1 aromatic rings. The zero-order valence-corrected chi connectivity index (χ0v) is 10.1. The smallest absolute Gasteiger partial charge is 0.386 e. The van der Waals surface area contributed by atoms with Gasteiger partial charge in [0.25, 0.3) is 5.12 Å². The molecular formula is C12H14O3S. The van der Waals surface area contributed by atoms with Crippen molar-refractivity contribution < 1.29 is 14.3 Å². The van der Waals surface area contributed by atoms with Crippen molar-refractivity contribution >= 4 is 22.8 Å². The molecule has 3 nitrogen and oxygen atoms in total. The van der Waals surface area contributed by atoms with Crippen LogP contribution in [0, 0.1) is 0 Å². The van der Waals surface area contributed by atoms with Gasteiger partial charge in [-0.2, -0.15) is 0 Å². The second-order valence-corrected chi connectivity index (χ2v) is 5.07. The molecule has 0 radical (unpaired) electrons. The van der Waals surface area contributed by atoms with Gasteiger partial charge in [0.15, 0.2) is 0 Å². The molecule has 0 aromatic heterocycles. The molecule has 0 unspecified atom stereocenters. The molecule has 0 bridgehead atoms. The molecule has 0 aliphatic rings. The third-order valence-electron chi connectivity index (χ3n) is 1.72. The molecule has 1 aromatic carbocycles. The first-order valence-electron chi connectivity index (χ1n) is 5.01. The van der Waals surface area contributed by atoms with Gasteiger partial charge < -0.3 is 4.74 Å². The van der Waals surface area contributed by atoms with Crippen LogP contribution in [0.3, 0.4) is 0 Å². The van der Waals surface area contributed by atoms with Gasteiger partial charge in [0.1, 0.15) is 6.61 Å². The minimum atomic E-state index is -0.775. The van der Waals surface area contributed by atoms with E-state index in [-0.39, 0.29) is 11.9 Å². The van der Waals surface area contributed by atoms with Gasteiger partial charge in [-0.05, 0) is 5.56 Å². The van der Waals surface area contributed by atoms with Crippen LogP contribution in [0.15, 0.2) is 30.3 Å². The summed E-state index contributed by atoms with van der Waals surface area (Å²) in [5.41, 5.74) is 0.873. The Labute approximate surface area is 99.2 Å². The molecule has 0 fully saturated rings. The average molecular weight is 238 g/mol. The fraction of sp³-hybridized carbons (Fsp3) is 0.333. The summed E-state index contributed by atoms with van der Waals surface area (Å²) in [5.74, 6) is -0.775. The Morgan fingerprint density at radius 2 is 1.88 bits per heavy atom. The summed E-state index contributed by atoms with van der Waals surface area (Å²) in [6, 6.07) is 9.27. The Balaban J connectivity index is 2.38. The lowest BCUT2D eigenvalue weighted by Gasteiger charge is -2.05. The Bertz CT molecular complexity index is 360. The van der Waals surface area contributed by atoms with Crippen molar-refractivity contribution in [2.45, 2.75) is 25.7 Å². The monoisotopic (exact) mass is 238 g/mol. The molecule has 1 rings (SSSR count). The van der Waals surface area contributed by atoms with E-state index in [0.717, 1.165) is 17.3 Å². The molecule has 0 heterocycles. The summed E-state index contributed by atoms with van der Waals surface area (Å²) in [4.78, 5) is 22.5. The van der Waals surface area contributed by atoms with Gasteiger partial charge in [0, 0.05) is 5.25 Å². The molecular weight excluding hydrogens is 224 g/mol. The second-order valence-electron chi connectivity index (χ2n) is 3.52. The highest BCUT2D eigenvalue weighted by molar-refractivity contribution is 8.15. The predicted octanol–water partition coefficient (Wildman–Crippen LogP) is 2.40. The summed E-state index contributed by atoms with van der Waals surface area (Å²) in [6.07, 6.45) is 0. The second kappa shape index (κ2) is 6.33. The maximum absolute atomic E-state index is 11.3. The molecule has 86 valence electrons. The molecule has 16 heavy (non-hydrogen) atoms. The Morgan fingerprint density at radius 1 is 1.25 bits per heavy atom. The van der Waals surface area contributed by atoms with Gasteiger partial charge in [-0.25, -0.2) is 4.79 Å². The Morgan fingerprint density at radius 3 is 2.44 bits per heavy atom. The van der Waals surface area contributed by atoms with Gasteiger partial charge in [-0.3, -0.25) is 4.79 Å². The molecule has 4 heteroatoms. The van der Waals surface area contributed by atoms with Gasteiger partial charge >= 0.3 is 5.97 Å². The van der Waals surface area contributed by atoms with Crippen LogP contribution in [0.1, 0.15) is 19.4 Å². The molecule has 0 saturated carbocycles. The minimum absolute atomic E-state index is 0.0942. The number of rotatable bonds is 3. The maximum atomic E-state index is 11.3. The lowest BCUT2D eigenvalue weighted by Crippen LogP contribution is -2.15. The van der Waals surface area contributed by atoms with Gasteiger partial charge in [-0.15, -0.1) is 0 Å². The van der Waals surface area contributed by atoms with E-state index in [2.05, 4.69) is 0 Å². The van der Waals surface area contributed by atoms with E-state index in [1.54, 1.807) is 0 Å². The van der Waals surface area contributed by atoms with E-state index >= 15 is 0 Å². The Kier molecular flexibility index (Phi) is 5.05. The van der Waals surface area contributed by atoms with Crippen molar-refractivity contribution in [3.63, 3.8) is 0 Å². The normalized spacial score (nSPS) is 10.2. The molecule has 0 atom stereocenters. The van der Waals surface area contributed by atoms with Crippen molar-refractivity contribution in [3.8, 4) is 0 Å². The molecule has 0 saturated heterocycles. The van der Waals surface area contributed by atoms with Crippen molar-refractivity contribution in [3.05, 3.63) is 35.9 Å². The van der Waals surface area contributed by atoms with E-state index in [9.17, 15) is 9.59 Å². The lowest BCUT2D eigenvalue weighted by molar-refractivity contribution is -0.151. The number of benzene rings is 1. The van der Waals surface area contributed by atoms with Crippen LogP contribution >= 0.6 is 11.8 Å². The number of esters is 1. The molecule has 0 spiro atoms. The fourth-order valence-corrected chi connectivity index (χ4v) is 1.63. The highest BCUT2D eigenvalue weighted by atomic mass is 32.2. The summed E-state index contributed by atoms with van der Waals surface area (Å²) >= 11 is 0.984. The van der Waals surface area contributed by atoms with Crippen molar-refractivity contribution in [2.75, 3.05) is 0 Å². The van der Waals surface area contributed by atoms with E-state index in [1.165, 1.54) is 0 Å². The van der Waals surface area contributed by atoms with E-state index in [0.29, 0.717) is 0 Å². The van der Waals surface area contributed by atoms with Gasteiger partial charge in [0.2, 0.25) is 0 Å². The lowest BCUT2D eigenvalue weighted by atomic mass is 10.2. The van der Waals surface area contributed by atoms with Crippen molar-refractivity contribution in [2.24, 2.45) is 0 Å². The van der Waals surface area contributed by atoms with Gasteiger partial charge in [0.05, 0.1) is 0 Å². The predicted molar refractivity (Wildman–Crippen MR) is 64.0 cm³/mol. The Hall–Kier alpha value is -1.29. The highest BCUT2D eigenvalue weighted by Crippen LogP contribution is 2.11. The average Bonchev–Trinajstić information content (AvgIpc) is 2.26.